The van der Waals surface area contributed by atoms with Crippen LogP contribution in [-0.4, -0.2) is 22.7 Å². The molecule has 0 aliphatic rings. The summed E-state index contributed by atoms with van der Waals surface area (Å²) in [4.78, 5) is 12.1. The quantitative estimate of drug-likeness (QED) is 0.774. The number of hydrogen-bond donors (Lipinski definition) is 0. The highest BCUT2D eigenvalue weighted by molar-refractivity contribution is 5.96. The predicted molar refractivity (Wildman–Crippen MR) is 69.0 cm³/mol. The maximum Gasteiger partial charge on any atom is 0.187 e. The van der Waals surface area contributed by atoms with Gasteiger partial charge < -0.3 is 4.74 Å². The molecule has 0 spiro atoms. The van der Waals surface area contributed by atoms with Gasteiger partial charge in [0.15, 0.2) is 5.78 Å². The van der Waals surface area contributed by atoms with Gasteiger partial charge >= 0.3 is 0 Å². The monoisotopic (exact) mass is 244 g/mol. The molecular formula is C14H16N2O2. The number of aryl methyl sites for hydroxylation is 2. The van der Waals surface area contributed by atoms with Crippen LogP contribution in [0.15, 0.2) is 30.5 Å². The maximum absolute atomic E-state index is 12.1. The topological polar surface area (TPSA) is 44.1 Å². The van der Waals surface area contributed by atoms with Gasteiger partial charge in [0.25, 0.3) is 0 Å². The fourth-order valence-corrected chi connectivity index (χ4v) is 1.87. The molecule has 0 saturated carbocycles. The lowest BCUT2D eigenvalue weighted by molar-refractivity contribution is 0.0986. The second kappa shape index (κ2) is 5.04. The van der Waals surface area contributed by atoms with Crippen molar-refractivity contribution in [2.75, 3.05) is 7.11 Å². The molecule has 0 aliphatic heterocycles. The SMILES string of the molecule is COc1ccc(C)cc1CC(=O)c1ccn(C)n1. The molecule has 1 aromatic heterocycles. The predicted octanol–water partition coefficient (Wildman–Crippen LogP) is 2.16. The van der Waals surface area contributed by atoms with E-state index in [4.69, 9.17) is 4.74 Å². The first-order valence-electron chi connectivity index (χ1n) is 5.76. The molecule has 0 amide bonds. The summed E-state index contributed by atoms with van der Waals surface area (Å²) in [5, 5.41) is 4.11. The molecule has 0 radical (unpaired) electrons. The molecule has 2 rings (SSSR count). The van der Waals surface area contributed by atoms with Crippen molar-refractivity contribution in [1.82, 2.24) is 9.78 Å². The molecule has 0 unspecified atom stereocenters. The molecule has 0 atom stereocenters. The fraction of sp³-hybridized carbons (Fsp3) is 0.286. The largest absolute Gasteiger partial charge is 0.496 e. The van der Waals surface area contributed by atoms with Crippen LogP contribution in [0.1, 0.15) is 21.6 Å². The van der Waals surface area contributed by atoms with Gasteiger partial charge in [-0.05, 0) is 19.1 Å². The zero-order valence-electron chi connectivity index (χ0n) is 10.8. The molecule has 0 fully saturated rings. The van der Waals surface area contributed by atoms with Crippen LogP contribution in [0.3, 0.4) is 0 Å². The molecular weight excluding hydrogens is 228 g/mol. The highest BCUT2D eigenvalue weighted by Crippen LogP contribution is 2.21. The van der Waals surface area contributed by atoms with Crippen molar-refractivity contribution in [2.45, 2.75) is 13.3 Å². The van der Waals surface area contributed by atoms with Crippen molar-refractivity contribution in [3.05, 3.63) is 47.3 Å². The number of methoxy groups -OCH3 is 1. The van der Waals surface area contributed by atoms with E-state index < -0.39 is 0 Å². The number of hydrogen-bond acceptors (Lipinski definition) is 3. The van der Waals surface area contributed by atoms with Crippen molar-refractivity contribution in [2.24, 2.45) is 7.05 Å². The summed E-state index contributed by atoms with van der Waals surface area (Å²) in [5.41, 5.74) is 2.49. The lowest BCUT2D eigenvalue weighted by Crippen LogP contribution is -2.06. The second-order valence-electron chi connectivity index (χ2n) is 4.29. The molecule has 0 saturated heterocycles. The van der Waals surface area contributed by atoms with Gasteiger partial charge in [-0.15, -0.1) is 0 Å². The molecule has 4 nitrogen and oxygen atoms in total. The molecule has 94 valence electrons. The molecule has 1 aromatic carbocycles. The van der Waals surface area contributed by atoms with Crippen LogP contribution in [0.2, 0.25) is 0 Å². The minimum atomic E-state index is -0.000463. The van der Waals surface area contributed by atoms with E-state index in [-0.39, 0.29) is 5.78 Å². The summed E-state index contributed by atoms with van der Waals surface area (Å²) >= 11 is 0. The second-order valence-corrected chi connectivity index (χ2v) is 4.29. The van der Waals surface area contributed by atoms with Crippen LogP contribution in [0.4, 0.5) is 0 Å². The van der Waals surface area contributed by atoms with Crippen molar-refractivity contribution < 1.29 is 9.53 Å². The third kappa shape index (κ3) is 2.59. The maximum atomic E-state index is 12.1. The first-order valence-corrected chi connectivity index (χ1v) is 5.76. The normalized spacial score (nSPS) is 10.4. The Morgan fingerprint density at radius 2 is 2.17 bits per heavy atom. The smallest absolute Gasteiger partial charge is 0.187 e. The Kier molecular flexibility index (Phi) is 3.46. The molecule has 1 heterocycles. The standard InChI is InChI=1S/C14H16N2O2/c1-10-4-5-14(18-3)11(8-10)9-13(17)12-6-7-16(2)15-12/h4-8H,9H2,1-3H3. The number of rotatable bonds is 4. The van der Waals surface area contributed by atoms with Crippen molar-refractivity contribution in [1.29, 1.82) is 0 Å². The van der Waals surface area contributed by atoms with Crippen LogP contribution in [0.25, 0.3) is 0 Å². The summed E-state index contributed by atoms with van der Waals surface area (Å²) in [5.74, 6) is 0.740. The van der Waals surface area contributed by atoms with Crippen LogP contribution >= 0.6 is 0 Å². The van der Waals surface area contributed by atoms with Crippen LogP contribution < -0.4 is 4.74 Å². The van der Waals surface area contributed by atoms with Crippen LogP contribution in [0.5, 0.6) is 5.75 Å². The van der Waals surface area contributed by atoms with E-state index in [2.05, 4.69) is 5.10 Å². The average Bonchev–Trinajstić information content (AvgIpc) is 2.76. The van der Waals surface area contributed by atoms with Crippen molar-refractivity contribution in [3.63, 3.8) is 0 Å². The van der Waals surface area contributed by atoms with E-state index in [0.717, 1.165) is 16.9 Å². The summed E-state index contributed by atoms with van der Waals surface area (Å²) in [6, 6.07) is 7.55. The molecule has 0 bridgehead atoms. The van der Waals surface area contributed by atoms with E-state index in [9.17, 15) is 4.79 Å². The Morgan fingerprint density at radius 1 is 1.39 bits per heavy atom. The average molecular weight is 244 g/mol. The van der Waals surface area contributed by atoms with E-state index in [1.807, 2.05) is 25.1 Å². The lowest BCUT2D eigenvalue weighted by atomic mass is 10.0. The Bertz CT molecular complexity index is 573. The van der Waals surface area contributed by atoms with E-state index >= 15 is 0 Å². The first-order chi connectivity index (χ1) is 8.60. The number of carbonyl (C=O) groups excluding carboxylic acids is 1. The summed E-state index contributed by atoms with van der Waals surface area (Å²) < 4.78 is 6.89. The highest BCUT2D eigenvalue weighted by Gasteiger charge is 2.13. The number of ketones is 1. The zero-order valence-corrected chi connectivity index (χ0v) is 10.8. The number of nitrogens with zero attached hydrogens (tertiary/aromatic N) is 2. The lowest BCUT2D eigenvalue weighted by Gasteiger charge is -2.08. The minimum absolute atomic E-state index is 0.000463. The van der Waals surface area contributed by atoms with Gasteiger partial charge in [-0.25, -0.2) is 0 Å². The Morgan fingerprint density at radius 3 is 2.78 bits per heavy atom. The molecule has 0 aliphatic carbocycles. The third-order valence-electron chi connectivity index (χ3n) is 2.79. The summed E-state index contributed by atoms with van der Waals surface area (Å²) in [6.45, 7) is 1.99. The van der Waals surface area contributed by atoms with Crippen molar-refractivity contribution >= 4 is 5.78 Å². The number of benzene rings is 1. The Hall–Kier alpha value is -2.10. The highest BCUT2D eigenvalue weighted by atomic mass is 16.5. The third-order valence-corrected chi connectivity index (χ3v) is 2.79. The van der Waals surface area contributed by atoms with Gasteiger partial charge in [0, 0.05) is 25.2 Å². The summed E-state index contributed by atoms with van der Waals surface area (Å²) in [6.07, 6.45) is 2.07. The van der Waals surface area contributed by atoms with E-state index in [1.165, 1.54) is 0 Å². The molecule has 0 N–H and O–H groups in total. The van der Waals surface area contributed by atoms with Crippen LogP contribution in [0, 0.1) is 6.92 Å². The fourth-order valence-electron chi connectivity index (χ4n) is 1.87. The molecule has 2 aromatic rings. The van der Waals surface area contributed by atoms with Gasteiger partial charge in [0.1, 0.15) is 11.4 Å². The molecule has 4 heteroatoms. The van der Waals surface area contributed by atoms with Gasteiger partial charge in [0.05, 0.1) is 7.11 Å². The van der Waals surface area contributed by atoms with Crippen LogP contribution in [-0.2, 0) is 13.5 Å². The number of carbonyl (C=O) groups is 1. The number of aromatic nitrogens is 2. The minimum Gasteiger partial charge on any atom is -0.496 e. The van der Waals surface area contributed by atoms with Gasteiger partial charge in [0.2, 0.25) is 0 Å². The number of Topliss-reactive ketones (excluding diaryl/α,β-unsaturated/α-hetero) is 1. The van der Waals surface area contributed by atoms with Gasteiger partial charge in [-0.1, -0.05) is 17.7 Å². The molecule has 18 heavy (non-hydrogen) atoms. The Balaban J connectivity index is 2.23. The number of ether oxygens (including phenoxy) is 1. The van der Waals surface area contributed by atoms with E-state index in [0.29, 0.717) is 12.1 Å². The van der Waals surface area contributed by atoms with Gasteiger partial charge in [-0.2, -0.15) is 5.10 Å². The Labute approximate surface area is 106 Å². The van der Waals surface area contributed by atoms with E-state index in [1.54, 1.807) is 31.1 Å². The van der Waals surface area contributed by atoms with Gasteiger partial charge in [-0.3, -0.25) is 9.48 Å². The van der Waals surface area contributed by atoms with Crippen molar-refractivity contribution in [3.8, 4) is 5.75 Å². The first kappa shape index (κ1) is 12.4. The summed E-state index contributed by atoms with van der Waals surface area (Å²) in [7, 11) is 3.41. The zero-order chi connectivity index (χ0) is 13.1.